The number of methoxy groups -OCH3 is 1. The maximum absolute atomic E-state index is 14.2. The molecule has 1 aliphatic rings. The summed E-state index contributed by atoms with van der Waals surface area (Å²) in [6, 6.07) is 4.92. The Morgan fingerprint density at radius 1 is 1.53 bits per heavy atom. The summed E-state index contributed by atoms with van der Waals surface area (Å²) in [4.78, 5) is 2.19. The number of nitrogens with two attached hydrogens (primary N) is 1. The van der Waals surface area contributed by atoms with Crippen LogP contribution >= 0.6 is 11.6 Å². The van der Waals surface area contributed by atoms with E-state index >= 15 is 0 Å². The van der Waals surface area contributed by atoms with E-state index in [0.29, 0.717) is 12.2 Å². The van der Waals surface area contributed by atoms with Crippen LogP contribution in [0.25, 0.3) is 0 Å². The van der Waals surface area contributed by atoms with Crippen molar-refractivity contribution >= 4 is 11.6 Å². The minimum Gasteiger partial charge on any atom is -0.383 e. The number of hydrogen-bond donors (Lipinski definition) is 1. The minimum absolute atomic E-state index is 0.0708. The number of halogens is 2. The highest BCUT2D eigenvalue weighted by molar-refractivity contribution is 6.30. The summed E-state index contributed by atoms with van der Waals surface area (Å²) in [5, 5.41) is 0.155. The molecule has 3 nitrogen and oxygen atoms in total. The first-order valence-electron chi connectivity index (χ1n) is 6.57. The van der Waals surface area contributed by atoms with E-state index in [1.54, 1.807) is 25.3 Å². The first-order chi connectivity index (χ1) is 9.15. The molecule has 2 N–H and O–H groups in total. The van der Waals surface area contributed by atoms with Crippen LogP contribution in [0.4, 0.5) is 4.39 Å². The van der Waals surface area contributed by atoms with Gasteiger partial charge in [0.15, 0.2) is 0 Å². The number of piperidine rings is 1. The lowest BCUT2D eigenvalue weighted by Gasteiger charge is -2.40. The average Bonchev–Trinajstić information content (AvgIpc) is 2.40. The Morgan fingerprint density at radius 3 is 3.05 bits per heavy atom. The van der Waals surface area contributed by atoms with Crippen LogP contribution in [-0.2, 0) is 4.74 Å². The van der Waals surface area contributed by atoms with Crippen molar-refractivity contribution < 1.29 is 9.13 Å². The fraction of sp³-hybridized carbons (Fsp3) is 0.571. The molecule has 106 valence electrons. The summed E-state index contributed by atoms with van der Waals surface area (Å²) in [7, 11) is 1.67. The van der Waals surface area contributed by atoms with Crippen LogP contribution in [0.1, 0.15) is 24.4 Å². The van der Waals surface area contributed by atoms with Crippen molar-refractivity contribution in [2.75, 3.05) is 26.8 Å². The molecule has 0 saturated carbocycles. The highest BCUT2D eigenvalue weighted by Crippen LogP contribution is 2.33. The molecule has 0 spiro atoms. The van der Waals surface area contributed by atoms with Crippen LogP contribution in [0.15, 0.2) is 18.2 Å². The van der Waals surface area contributed by atoms with Crippen LogP contribution in [0.3, 0.4) is 0 Å². The van der Waals surface area contributed by atoms with Gasteiger partial charge in [-0.05, 0) is 25.5 Å². The zero-order valence-corrected chi connectivity index (χ0v) is 11.9. The van der Waals surface area contributed by atoms with Crippen molar-refractivity contribution in [1.29, 1.82) is 0 Å². The zero-order valence-electron chi connectivity index (χ0n) is 11.1. The van der Waals surface area contributed by atoms with Crippen molar-refractivity contribution in [2.24, 2.45) is 5.73 Å². The zero-order chi connectivity index (χ0) is 13.8. The molecule has 1 aromatic carbocycles. The Hall–Kier alpha value is -0.680. The van der Waals surface area contributed by atoms with Crippen LogP contribution in [0.5, 0.6) is 0 Å². The third-order valence-corrected chi connectivity index (χ3v) is 3.96. The molecule has 2 rings (SSSR count). The second-order valence-corrected chi connectivity index (χ2v) is 5.33. The number of nitrogens with zero attached hydrogens (tertiary/aromatic N) is 1. The molecule has 2 atom stereocenters. The van der Waals surface area contributed by atoms with Gasteiger partial charge in [-0.1, -0.05) is 23.7 Å². The summed E-state index contributed by atoms with van der Waals surface area (Å²) < 4.78 is 19.3. The molecule has 1 saturated heterocycles. The number of ether oxygens (including phenoxy) is 1. The van der Waals surface area contributed by atoms with E-state index in [9.17, 15) is 4.39 Å². The van der Waals surface area contributed by atoms with Gasteiger partial charge < -0.3 is 10.5 Å². The van der Waals surface area contributed by atoms with Crippen molar-refractivity contribution in [3.8, 4) is 0 Å². The van der Waals surface area contributed by atoms with Gasteiger partial charge in [0.25, 0.3) is 0 Å². The molecular weight excluding hydrogens is 267 g/mol. The van der Waals surface area contributed by atoms with Crippen molar-refractivity contribution in [3.63, 3.8) is 0 Å². The SMILES string of the molecule is COCCN1CCCC(N)C1c1cccc(Cl)c1F. The van der Waals surface area contributed by atoms with E-state index < -0.39 is 0 Å². The Balaban J connectivity index is 2.28. The highest BCUT2D eigenvalue weighted by Gasteiger charge is 2.32. The van der Waals surface area contributed by atoms with Crippen molar-refractivity contribution in [1.82, 2.24) is 4.90 Å². The second kappa shape index (κ2) is 6.66. The Labute approximate surface area is 118 Å². The molecule has 0 aromatic heterocycles. The predicted molar refractivity (Wildman–Crippen MR) is 74.8 cm³/mol. The predicted octanol–water partition coefficient (Wildman–Crippen LogP) is 2.59. The van der Waals surface area contributed by atoms with Gasteiger partial charge in [0.2, 0.25) is 0 Å². The van der Waals surface area contributed by atoms with Gasteiger partial charge in [0.1, 0.15) is 5.82 Å². The molecule has 1 fully saturated rings. The molecule has 0 amide bonds. The standard InChI is InChI=1S/C14H20ClFN2O/c1-19-9-8-18-7-3-6-12(17)14(18)10-4-2-5-11(15)13(10)16/h2,4-5,12,14H,3,6-9,17H2,1H3. The van der Waals surface area contributed by atoms with E-state index in [1.807, 2.05) is 0 Å². The van der Waals surface area contributed by atoms with E-state index in [2.05, 4.69) is 4.90 Å². The number of benzene rings is 1. The molecule has 1 aliphatic heterocycles. The van der Waals surface area contributed by atoms with E-state index in [1.165, 1.54) is 0 Å². The van der Waals surface area contributed by atoms with Crippen LogP contribution in [0, 0.1) is 5.82 Å². The Morgan fingerprint density at radius 2 is 2.32 bits per heavy atom. The average molecular weight is 287 g/mol. The van der Waals surface area contributed by atoms with E-state index in [-0.39, 0.29) is 22.9 Å². The summed E-state index contributed by atoms with van der Waals surface area (Å²) in [5.41, 5.74) is 6.79. The Bertz CT molecular complexity index is 430. The number of rotatable bonds is 4. The van der Waals surface area contributed by atoms with Gasteiger partial charge in [-0.2, -0.15) is 0 Å². The smallest absolute Gasteiger partial charge is 0.146 e. The molecule has 2 unspecified atom stereocenters. The molecule has 0 aliphatic carbocycles. The second-order valence-electron chi connectivity index (χ2n) is 4.92. The minimum atomic E-state index is -0.353. The Kier molecular flexibility index (Phi) is 5.16. The van der Waals surface area contributed by atoms with Gasteiger partial charge in [0.05, 0.1) is 17.7 Å². The molecule has 0 bridgehead atoms. The van der Waals surface area contributed by atoms with Crippen LogP contribution in [-0.4, -0.2) is 37.7 Å². The quantitative estimate of drug-likeness (QED) is 0.925. The summed E-state index contributed by atoms with van der Waals surface area (Å²) in [6.45, 7) is 2.28. The normalized spacial score (nSPS) is 24.6. The largest absolute Gasteiger partial charge is 0.383 e. The van der Waals surface area contributed by atoms with Crippen molar-refractivity contribution in [2.45, 2.75) is 24.9 Å². The lowest BCUT2D eigenvalue weighted by Crippen LogP contribution is -2.47. The number of likely N-dealkylation sites (tertiary alicyclic amines) is 1. The lowest BCUT2D eigenvalue weighted by atomic mass is 9.90. The summed E-state index contributed by atoms with van der Waals surface area (Å²) in [5.74, 6) is -0.353. The van der Waals surface area contributed by atoms with E-state index in [4.69, 9.17) is 22.1 Å². The molecule has 1 heterocycles. The van der Waals surface area contributed by atoms with Gasteiger partial charge in [-0.3, -0.25) is 4.90 Å². The molecule has 0 radical (unpaired) electrons. The molecule has 1 aromatic rings. The maximum atomic E-state index is 14.2. The van der Waals surface area contributed by atoms with Crippen molar-refractivity contribution in [3.05, 3.63) is 34.6 Å². The first kappa shape index (κ1) is 14.7. The van der Waals surface area contributed by atoms with Crippen LogP contribution in [0.2, 0.25) is 5.02 Å². The third kappa shape index (κ3) is 3.26. The monoisotopic (exact) mass is 286 g/mol. The summed E-state index contributed by atoms with van der Waals surface area (Å²) >= 11 is 5.87. The maximum Gasteiger partial charge on any atom is 0.146 e. The van der Waals surface area contributed by atoms with Gasteiger partial charge in [-0.25, -0.2) is 4.39 Å². The van der Waals surface area contributed by atoms with Gasteiger partial charge >= 0.3 is 0 Å². The highest BCUT2D eigenvalue weighted by atomic mass is 35.5. The van der Waals surface area contributed by atoms with Gasteiger partial charge in [0, 0.05) is 25.3 Å². The first-order valence-corrected chi connectivity index (χ1v) is 6.95. The van der Waals surface area contributed by atoms with E-state index in [0.717, 1.165) is 25.9 Å². The van der Waals surface area contributed by atoms with Gasteiger partial charge in [-0.15, -0.1) is 0 Å². The fourth-order valence-electron chi connectivity index (χ4n) is 2.73. The third-order valence-electron chi connectivity index (χ3n) is 3.66. The number of hydrogen-bond acceptors (Lipinski definition) is 3. The van der Waals surface area contributed by atoms with Crippen LogP contribution < -0.4 is 5.73 Å². The topological polar surface area (TPSA) is 38.5 Å². The fourth-order valence-corrected chi connectivity index (χ4v) is 2.92. The molecule has 19 heavy (non-hydrogen) atoms. The molecular formula is C14H20ClFN2O. The molecule has 5 heteroatoms. The lowest BCUT2D eigenvalue weighted by molar-refractivity contribution is 0.0831. The summed E-state index contributed by atoms with van der Waals surface area (Å²) in [6.07, 6.45) is 1.93.